The van der Waals surface area contributed by atoms with E-state index in [2.05, 4.69) is 5.32 Å². The normalized spacial score (nSPS) is 19.8. The summed E-state index contributed by atoms with van der Waals surface area (Å²) in [6.07, 6.45) is 0. The van der Waals surface area contributed by atoms with Gasteiger partial charge in [0.1, 0.15) is 18.4 Å². The Bertz CT molecular complexity index is 528. The van der Waals surface area contributed by atoms with Crippen LogP contribution in [0.4, 0.5) is 10.1 Å². The highest BCUT2D eigenvalue weighted by Gasteiger charge is 2.35. The molecule has 0 aliphatic carbocycles. The number of anilines is 1. The van der Waals surface area contributed by atoms with E-state index in [1.165, 1.54) is 11.0 Å². The van der Waals surface area contributed by atoms with Gasteiger partial charge in [0, 0.05) is 5.56 Å². The summed E-state index contributed by atoms with van der Waals surface area (Å²) in [5.74, 6) is -0.796. The van der Waals surface area contributed by atoms with E-state index in [4.69, 9.17) is 0 Å². The maximum absolute atomic E-state index is 13.6. The minimum absolute atomic E-state index is 0.00637. The maximum atomic E-state index is 13.6. The molecular formula is C14H17FN2O2. The van der Waals surface area contributed by atoms with E-state index in [0.717, 1.165) is 0 Å². The van der Waals surface area contributed by atoms with E-state index in [1.807, 2.05) is 13.8 Å². The summed E-state index contributed by atoms with van der Waals surface area (Å²) in [6, 6.07) is 3.99. The number of nitrogens with one attached hydrogen (secondary N) is 1. The molecule has 0 bridgehead atoms. The number of amides is 2. The van der Waals surface area contributed by atoms with Crippen LogP contribution in [-0.4, -0.2) is 24.4 Å². The van der Waals surface area contributed by atoms with E-state index in [0.29, 0.717) is 11.3 Å². The molecule has 0 radical (unpaired) electrons. The highest BCUT2D eigenvalue weighted by atomic mass is 19.1. The first-order valence-corrected chi connectivity index (χ1v) is 6.27. The lowest BCUT2D eigenvalue weighted by atomic mass is 9.99. The van der Waals surface area contributed by atoms with Gasteiger partial charge in [0.25, 0.3) is 0 Å². The fourth-order valence-electron chi connectivity index (χ4n) is 2.21. The van der Waals surface area contributed by atoms with Crippen molar-refractivity contribution in [3.05, 3.63) is 29.6 Å². The molecule has 0 aromatic heterocycles. The monoisotopic (exact) mass is 264 g/mol. The number of carbonyl (C=O) groups is 2. The zero-order valence-electron chi connectivity index (χ0n) is 11.2. The largest absolute Gasteiger partial charge is 0.342 e. The molecule has 5 heteroatoms. The van der Waals surface area contributed by atoms with Gasteiger partial charge in [-0.3, -0.25) is 9.59 Å². The smallest absolute Gasteiger partial charge is 0.250 e. The Morgan fingerprint density at radius 1 is 1.37 bits per heavy atom. The topological polar surface area (TPSA) is 49.4 Å². The lowest BCUT2D eigenvalue weighted by molar-refractivity contribution is -0.132. The summed E-state index contributed by atoms with van der Waals surface area (Å²) < 4.78 is 13.6. The second kappa shape index (κ2) is 4.99. The molecule has 1 atom stereocenters. The van der Waals surface area contributed by atoms with Gasteiger partial charge < -0.3 is 10.2 Å². The molecule has 0 spiro atoms. The van der Waals surface area contributed by atoms with Crippen LogP contribution in [-0.2, 0) is 9.59 Å². The van der Waals surface area contributed by atoms with Crippen molar-refractivity contribution in [3.63, 3.8) is 0 Å². The summed E-state index contributed by atoms with van der Waals surface area (Å²) >= 11 is 0. The number of carbonyl (C=O) groups excluding carboxylic acids is 2. The van der Waals surface area contributed by atoms with Gasteiger partial charge in [0.15, 0.2) is 0 Å². The molecule has 1 fully saturated rings. The van der Waals surface area contributed by atoms with Crippen LogP contribution in [0.2, 0.25) is 0 Å². The van der Waals surface area contributed by atoms with Crippen LogP contribution in [0, 0.1) is 18.7 Å². The van der Waals surface area contributed by atoms with Gasteiger partial charge >= 0.3 is 0 Å². The van der Waals surface area contributed by atoms with Gasteiger partial charge in [-0.25, -0.2) is 4.39 Å². The first-order valence-electron chi connectivity index (χ1n) is 6.27. The third-order valence-electron chi connectivity index (χ3n) is 3.35. The van der Waals surface area contributed by atoms with Gasteiger partial charge in [-0.05, 0) is 25.0 Å². The molecule has 4 nitrogen and oxygen atoms in total. The lowest BCUT2D eigenvalue weighted by Crippen LogP contribution is -2.60. The number of rotatable bonds is 2. The summed E-state index contributed by atoms with van der Waals surface area (Å²) in [7, 11) is 0. The third-order valence-corrected chi connectivity index (χ3v) is 3.35. The maximum Gasteiger partial charge on any atom is 0.250 e. The molecule has 1 saturated heterocycles. The zero-order chi connectivity index (χ0) is 14.2. The van der Waals surface area contributed by atoms with Crippen LogP contribution >= 0.6 is 0 Å². The first-order chi connectivity index (χ1) is 8.91. The van der Waals surface area contributed by atoms with Crippen LogP contribution in [0.25, 0.3) is 0 Å². The Morgan fingerprint density at radius 2 is 2.05 bits per heavy atom. The quantitative estimate of drug-likeness (QED) is 0.882. The predicted octanol–water partition coefficient (Wildman–Crippen LogP) is 1.62. The van der Waals surface area contributed by atoms with Gasteiger partial charge in [-0.1, -0.05) is 19.9 Å². The summed E-state index contributed by atoms with van der Waals surface area (Å²) in [5, 5.41) is 2.68. The van der Waals surface area contributed by atoms with E-state index in [-0.39, 0.29) is 30.1 Å². The van der Waals surface area contributed by atoms with Crippen molar-refractivity contribution in [2.75, 3.05) is 11.4 Å². The lowest BCUT2D eigenvalue weighted by Gasteiger charge is -2.35. The number of nitrogens with zero attached hydrogens (tertiary/aromatic N) is 1. The van der Waals surface area contributed by atoms with Gasteiger partial charge in [0.05, 0.1) is 5.69 Å². The fourth-order valence-corrected chi connectivity index (χ4v) is 2.21. The highest BCUT2D eigenvalue weighted by molar-refractivity contribution is 6.07. The predicted molar refractivity (Wildman–Crippen MR) is 70.3 cm³/mol. The van der Waals surface area contributed by atoms with E-state index in [1.54, 1.807) is 19.1 Å². The van der Waals surface area contributed by atoms with Gasteiger partial charge in [0.2, 0.25) is 11.8 Å². The minimum atomic E-state index is -0.552. The number of benzene rings is 1. The molecule has 1 aromatic rings. The van der Waals surface area contributed by atoms with E-state index < -0.39 is 6.04 Å². The summed E-state index contributed by atoms with van der Waals surface area (Å²) in [6.45, 7) is 5.27. The molecule has 2 rings (SSSR count). The molecule has 0 saturated carbocycles. The Balaban J connectivity index is 2.40. The highest BCUT2D eigenvalue weighted by Crippen LogP contribution is 2.25. The number of hydrogen-bond acceptors (Lipinski definition) is 2. The van der Waals surface area contributed by atoms with Crippen LogP contribution in [0.15, 0.2) is 18.2 Å². The van der Waals surface area contributed by atoms with Crippen molar-refractivity contribution in [1.82, 2.24) is 5.32 Å². The van der Waals surface area contributed by atoms with E-state index in [9.17, 15) is 14.0 Å². The second-order valence-electron chi connectivity index (χ2n) is 5.10. The van der Waals surface area contributed by atoms with Crippen molar-refractivity contribution in [3.8, 4) is 0 Å². The summed E-state index contributed by atoms with van der Waals surface area (Å²) in [5.41, 5.74) is 0.846. The Morgan fingerprint density at radius 3 is 2.68 bits per heavy atom. The van der Waals surface area contributed by atoms with Gasteiger partial charge in [-0.2, -0.15) is 0 Å². The Hall–Kier alpha value is -1.91. The fraction of sp³-hybridized carbons (Fsp3) is 0.429. The number of halogens is 1. The van der Waals surface area contributed by atoms with Gasteiger partial charge in [-0.15, -0.1) is 0 Å². The molecule has 102 valence electrons. The Kier molecular flexibility index (Phi) is 3.55. The number of hydrogen-bond donors (Lipinski definition) is 1. The molecule has 1 N–H and O–H groups in total. The SMILES string of the molecule is Cc1c(F)cccc1N1CC(=O)NC(C(C)C)C1=O. The van der Waals surface area contributed by atoms with Crippen molar-refractivity contribution in [1.29, 1.82) is 0 Å². The Labute approximate surface area is 111 Å². The van der Waals surface area contributed by atoms with Crippen molar-refractivity contribution in [2.45, 2.75) is 26.8 Å². The standard InChI is InChI=1S/C14H17FN2O2/c1-8(2)13-14(19)17(7-12(18)16-13)11-6-4-5-10(15)9(11)3/h4-6,8,13H,7H2,1-3H3,(H,16,18). The van der Waals surface area contributed by atoms with Crippen molar-refractivity contribution >= 4 is 17.5 Å². The van der Waals surface area contributed by atoms with Crippen LogP contribution < -0.4 is 10.2 Å². The molecule has 1 aliphatic heterocycles. The van der Waals surface area contributed by atoms with E-state index >= 15 is 0 Å². The minimum Gasteiger partial charge on any atom is -0.342 e. The first kappa shape index (κ1) is 13.5. The van der Waals surface area contributed by atoms with Crippen LogP contribution in [0.3, 0.4) is 0 Å². The molecule has 1 unspecified atom stereocenters. The number of piperazine rings is 1. The van der Waals surface area contributed by atoms with Crippen LogP contribution in [0.1, 0.15) is 19.4 Å². The zero-order valence-corrected chi connectivity index (χ0v) is 11.2. The molecular weight excluding hydrogens is 247 g/mol. The second-order valence-corrected chi connectivity index (χ2v) is 5.10. The molecule has 2 amide bonds. The molecule has 19 heavy (non-hydrogen) atoms. The average molecular weight is 264 g/mol. The molecule has 1 heterocycles. The summed E-state index contributed by atoms with van der Waals surface area (Å²) in [4.78, 5) is 25.4. The average Bonchev–Trinajstić information content (AvgIpc) is 2.35. The van der Waals surface area contributed by atoms with Crippen molar-refractivity contribution < 1.29 is 14.0 Å². The van der Waals surface area contributed by atoms with Crippen LogP contribution in [0.5, 0.6) is 0 Å². The molecule has 1 aliphatic rings. The third kappa shape index (κ3) is 2.45. The van der Waals surface area contributed by atoms with Crippen molar-refractivity contribution in [2.24, 2.45) is 5.92 Å². The molecule has 1 aromatic carbocycles.